The Morgan fingerprint density at radius 3 is 2.94 bits per heavy atom. The molecule has 2 aliphatic rings. The number of aromatic nitrogens is 1. The van der Waals surface area contributed by atoms with Crippen molar-refractivity contribution in [2.24, 2.45) is 11.8 Å². The van der Waals surface area contributed by atoms with E-state index in [9.17, 15) is 0 Å². The van der Waals surface area contributed by atoms with E-state index in [0.717, 1.165) is 34.0 Å². The normalized spacial score (nSPS) is 28.0. The molecule has 1 saturated heterocycles. The third kappa shape index (κ3) is 1.87. The number of hydrogen-bond donors (Lipinski definition) is 1. The summed E-state index contributed by atoms with van der Waals surface area (Å²) < 4.78 is 1.90. The fourth-order valence-corrected chi connectivity index (χ4v) is 3.16. The van der Waals surface area contributed by atoms with Gasteiger partial charge in [0.1, 0.15) is 4.60 Å². The van der Waals surface area contributed by atoms with Crippen LogP contribution < -0.4 is 5.32 Å². The van der Waals surface area contributed by atoms with Crippen LogP contribution in [0, 0.1) is 11.8 Å². The Balaban J connectivity index is 1.90. The van der Waals surface area contributed by atoms with E-state index in [0.29, 0.717) is 0 Å². The summed E-state index contributed by atoms with van der Waals surface area (Å²) in [6.07, 6.45) is 5.56. The number of pyridine rings is 1. The molecule has 0 amide bonds. The zero-order valence-corrected chi connectivity index (χ0v) is 11.9. The van der Waals surface area contributed by atoms with Gasteiger partial charge < -0.3 is 5.32 Å². The lowest BCUT2D eigenvalue weighted by Gasteiger charge is -2.07. The molecule has 0 saturated carbocycles. The predicted octanol–water partition coefficient (Wildman–Crippen LogP) is 3.23. The van der Waals surface area contributed by atoms with Crippen molar-refractivity contribution < 1.29 is 0 Å². The van der Waals surface area contributed by atoms with Gasteiger partial charge in [0.25, 0.3) is 0 Å². The number of rotatable bonds is 1. The second-order valence-corrected chi connectivity index (χ2v) is 6.08. The Hall–Kier alpha value is -0.190. The molecule has 1 aromatic heterocycles. The molecule has 1 fully saturated rings. The van der Waals surface area contributed by atoms with Crippen molar-refractivity contribution in [3.05, 3.63) is 33.0 Å². The predicted molar refractivity (Wildman–Crippen MR) is 72.1 cm³/mol. The quantitative estimate of drug-likeness (QED) is 0.792. The lowest BCUT2D eigenvalue weighted by atomic mass is 9.99. The molecule has 1 N–H and O–H groups in total. The van der Waals surface area contributed by atoms with Crippen LogP contribution in [-0.4, -0.2) is 18.1 Å². The highest BCUT2D eigenvalue weighted by molar-refractivity contribution is 9.13. The Bertz CT molecular complexity index is 456. The second-order valence-electron chi connectivity index (χ2n) is 4.47. The van der Waals surface area contributed by atoms with Crippen LogP contribution in [0.2, 0.25) is 0 Å². The first-order chi connectivity index (χ1) is 7.74. The topological polar surface area (TPSA) is 24.9 Å². The molecular formula is C12H12Br2N2. The van der Waals surface area contributed by atoms with Gasteiger partial charge in [0.15, 0.2) is 0 Å². The van der Waals surface area contributed by atoms with Crippen LogP contribution in [0.15, 0.2) is 27.4 Å². The van der Waals surface area contributed by atoms with Crippen molar-refractivity contribution in [3.8, 4) is 0 Å². The number of hydrogen-bond acceptors (Lipinski definition) is 2. The molecule has 0 aromatic carbocycles. The first-order valence-electron chi connectivity index (χ1n) is 5.47. The molecule has 2 atom stereocenters. The largest absolute Gasteiger partial charge is 0.316 e. The molecular weight excluding hydrogens is 332 g/mol. The van der Waals surface area contributed by atoms with Crippen molar-refractivity contribution in [1.29, 1.82) is 0 Å². The van der Waals surface area contributed by atoms with E-state index in [1.54, 1.807) is 0 Å². The van der Waals surface area contributed by atoms with Gasteiger partial charge in [-0.3, -0.25) is 0 Å². The van der Waals surface area contributed by atoms with E-state index < -0.39 is 0 Å². The Morgan fingerprint density at radius 1 is 1.31 bits per heavy atom. The first kappa shape index (κ1) is 10.9. The number of nitrogens with zero attached hydrogens (tertiary/aromatic N) is 1. The molecule has 2 unspecified atom stereocenters. The minimum atomic E-state index is 0.734. The standard InChI is InChI=1S/C12H12Br2N2/c13-11-3-10(6-16-12(11)14)7-1-8-4-15-5-9(8)2-7/h1,3,6,8-9,15H,2,4-5H2. The van der Waals surface area contributed by atoms with E-state index in [4.69, 9.17) is 0 Å². The average molecular weight is 344 g/mol. The van der Waals surface area contributed by atoms with Crippen LogP contribution in [-0.2, 0) is 0 Å². The third-order valence-electron chi connectivity index (χ3n) is 3.46. The minimum absolute atomic E-state index is 0.734. The molecule has 1 aliphatic heterocycles. The van der Waals surface area contributed by atoms with Crippen LogP contribution in [0.1, 0.15) is 12.0 Å². The molecule has 0 radical (unpaired) electrons. The molecule has 84 valence electrons. The van der Waals surface area contributed by atoms with Gasteiger partial charge in [-0.25, -0.2) is 4.98 Å². The molecule has 0 spiro atoms. The summed E-state index contributed by atoms with van der Waals surface area (Å²) in [7, 11) is 0. The summed E-state index contributed by atoms with van der Waals surface area (Å²) in [6, 6.07) is 2.15. The van der Waals surface area contributed by atoms with E-state index in [-0.39, 0.29) is 0 Å². The zero-order chi connectivity index (χ0) is 11.1. The van der Waals surface area contributed by atoms with Crippen LogP contribution >= 0.6 is 31.9 Å². The van der Waals surface area contributed by atoms with Gasteiger partial charge in [0.05, 0.1) is 4.47 Å². The van der Waals surface area contributed by atoms with Crippen molar-refractivity contribution in [2.45, 2.75) is 6.42 Å². The molecule has 4 heteroatoms. The molecule has 1 aliphatic carbocycles. The summed E-state index contributed by atoms with van der Waals surface area (Å²) in [5, 5.41) is 3.44. The summed E-state index contributed by atoms with van der Waals surface area (Å²) in [5.74, 6) is 1.54. The lowest BCUT2D eigenvalue weighted by Crippen LogP contribution is -2.09. The maximum absolute atomic E-state index is 4.33. The van der Waals surface area contributed by atoms with Crippen LogP contribution in [0.3, 0.4) is 0 Å². The molecule has 2 nitrogen and oxygen atoms in total. The summed E-state index contributed by atoms with van der Waals surface area (Å²) in [6.45, 7) is 2.30. The zero-order valence-electron chi connectivity index (χ0n) is 8.71. The van der Waals surface area contributed by atoms with Crippen molar-refractivity contribution in [1.82, 2.24) is 10.3 Å². The van der Waals surface area contributed by atoms with Gasteiger partial charge in [0.2, 0.25) is 0 Å². The molecule has 1 aromatic rings. The fraction of sp³-hybridized carbons (Fsp3) is 0.417. The van der Waals surface area contributed by atoms with Crippen LogP contribution in [0.25, 0.3) is 5.57 Å². The van der Waals surface area contributed by atoms with Gasteiger partial charge in [-0.15, -0.1) is 0 Å². The Kier molecular flexibility index (Phi) is 2.90. The first-order valence-corrected chi connectivity index (χ1v) is 7.05. The van der Waals surface area contributed by atoms with Gasteiger partial charge >= 0.3 is 0 Å². The lowest BCUT2D eigenvalue weighted by molar-refractivity contribution is 0.536. The van der Waals surface area contributed by atoms with E-state index in [1.807, 2.05) is 6.20 Å². The third-order valence-corrected chi connectivity index (χ3v) is 5.22. The minimum Gasteiger partial charge on any atom is -0.316 e. The average Bonchev–Trinajstić information content (AvgIpc) is 2.81. The Morgan fingerprint density at radius 2 is 2.19 bits per heavy atom. The van der Waals surface area contributed by atoms with Gasteiger partial charge in [-0.1, -0.05) is 6.08 Å². The second kappa shape index (κ2) is 4.24. The number of fused-ring (bicyclic) bond motifs is 1. The molecule has 2 heterocycles. The van der Waals surface area contributed by atoms with Crippen LogP contribution in [0.4, 0.5) is 0 Å². The summed E-state index contributed by atoms with van der Waals surface area (Å²) in [4.78, 5) is 4.33. The van der Waals surface area contributed by atoms with Crippen LogP contribution in [0.5, 0.6) is 0 Å². The maximum Gasteiger partial charge on any atom is 0.120 e. The maximum atomic E-state index is 4.33. The number of allylic oxidation sites excluding steroid dienone is 1. The highest BCUT2D eigenvalue weighted by atomic mass is 79.9. The molecule has 3 rings (SSSR count). The van der Waals surface area contributed by atoms with Crippen molar-refractivity contribution >= 4 is 37.4 Å². The van der Waals surface area contributed by atoms with E-state index >= 15 is 0 Å². The van der Waals surface area contributed by atoms with Gasteiger partial charge in [-0.05, 0) is 73.9 Å². The summed E-state index contributed by atoms with van der Waals surface area (Å²) in [5.41, 5.74) is 2.71. The highest BCUT2D eigenvalue weighted by Crippen LogP contribution is 2.39. The van der Waals surface area contributed by atoms with Gasteiger partial charge in [-0.2, -0.15) is 0 Å². The highest BCUT2D eigenvalue weighted by Gasteiger charge is 2.31. The molecule has 16 heavy (non-hydrogen) atoms. The number of halogens is 2. The molecule has 0 bridgehead atoms. The van der Waals surface area contributed by atoms with E-state index in [1.165, 1.54) is 17.6 Å². The Labute approximate surface area is 112 Å². The van der Waals surface area contributed by atoms with Crippen molar-refractivity contribution in [3.63, 3.8) is 0 Å². The SMILES string of the molecule is Brc1cc(C2=CC3CNCC3C2)cnc1Br. The fourth-order valence-electron chi connectivity index (χ4n) is 2.59. The number of nitrogens with one attached hydrogen (secondary N) is 1. The van der Waals surface area contributed by atoms with Gasteiger partial charge in [0, 0.05) is 12.7 Å². The summed E-state index contributed by atoms with van der Waals surface area (Å²) >= 11 is 6.90. The van der Waals surface area contributed by atoms with E-state index in [2.05, 4.69) is 54.3 Å². The monoisotopic (exact) mass is 342 g/mol. The smallest absolute Gasteiger partial charge is 0.120 e. The van der Waals surface area contributed by atoms with Crippen molar-refractivity contribution in [2.75, 3.05) is 13.1 Å².